The van der Waals surface area contributed by atoms with Crippen LogP contribution >= 0.6 is 0 Å². The highest BCUT2D eigenvalue weighted by atomic mass is 32.2. The molecule has 5 nitrogen and oxygen atoms in total. The first-order chi connectivity index (χ1) is 8.49. The van der Waals surface area contributed by atoms with E-state index in [9.17, 15) is 8.42 Å². The molecule has 1 aromatic heterocycles. The van der Waals surface area contributed by atoms with Gasteiger partial charge in [0.1, 0.15) is 5.82 Å². The maximum atomic E-state index is 12.0. The molecular weight excluding hydrogens is 250 g/mol. The van der Waals surface area contributed by atoms with Crippen LogP contribution in [0.1, 0.15) is 38.2 Å². The van der Waals surface area contributed by atoms with E-state index in [-0.39, 0.29) is 5.03 Å². The Balaban J connectivity index is 2.54. The Labute approximate surface area is 109 Å². The van der Waals surface area contributed by atoms with Crippen LogP contribution in [0, 0.1) is 5.92 Å². The van der Waals surface area contributed by atoms with E-state index in [2.05, 4.69) is 28.1 Å². The molecule has 0 saturated carbocycles. The van der Waals surface area contributed by atoms with Gasteiger partial charge in [0, 0.05) is 13.0 Å². The van der Waals surface area contributed by atoms with Crippen molar-refractivity contribution in [1.29, 1.82) is 0 Å². The number of hydrogen-bond acceptors (Lipinski definition) is 3. The maximum Gasteiger partial charge on any atom is 0.259 e. The average molecular weight is 271 g/mol. The minimum atomic E-state index is -3.44. The van der Waals surface area contributed by atoms with Gasteiger partial charge in [-0.1, -0.05) is 13.8 Å². The Hall–Kier alpha value is -0.880. The summed E-state index contributed by atoms with van der Waals surface area (Å²) in [6.45, 7) is 5.13. The summed E-state index contributed by atoms with van der Waals surface area (Å²) in [4.78, 5) is 4.37. The molecule has 1 aliphatic rings. The lowest BCUT2D eigenvalue weighted by molar-refractivity contribution is 0.404. The second-order valence-corrected chi connectivity index (χ2v) is 6.79. The summed E-state index contributed by atoms with van der Waals surface area (Å²) in [7, 11) is -2.01. The molecule has 0 spiro atoms. The van der Waals surface area contributed by atoms with E-state index < -0.39 is 10.0 Å². The van der Waals surface area contributed by atoms with E-state index >= 15 is 0 Å². The fourth-order valence-electron chi connectivity index (χ4n) is 2.48. The molecule has 18 heavy (non-hydrogen) atoms. The third kappa shape index (κ3) is 2.31. The van der Waals surface area contributed by atoms with Crippen molar-refractivity contribution in [2.45, 2.75) is 51.1 Å². The molecule has 2 rings (SSSR count). The van der Waals surface area contributed by atoms with Crippen molar-refractivity contribution in [3.05, 3.63) is 11.5 Å². The maximum absolute atomic E-state index is 12.0. The Morgan fingerprint density at radius 3 is 2.83 bits per heavy atom. The molecule has 0 fully saturated rings. The minimum absolute atomic E-state index is 0.236. The Bertz CT molecular complexity index is 534. The quantitative estimate of drug-likeness (QED) is 0.898. The lowest BCUT2D eigenvalue weighted by Crippen LogP contribution is -2.24. The van der Waals surface area contributed by atoms with Gasteiger partial charge in [-0.15, -0.1) is 0 Å². The van der Waals surface area contributed by atoms with Gasteiger partial charge in [0.05, 0.1) is 5.69 Å². The Morgan fingerprint density at radius 2 is 2.22 bits per heavy atom. The molecule has 0 aromatic carbocycles. The van der Waals surface area contributed by atoms with Gasteiger partial charge < -0.3 is 4.57 Å². The molecule has 1 unspecified atom stereocenters. The van der Waals surface area contributed by atoms with Crippen molar-refractivity contribution in [3.8, 4) is 0 Å². The number of nitrogens with zero attached hydrogens (tertiary/aromatic N) is 2. The number of fused-ring (bicyclic) bond motifs is 1. The van der Waals surface area contributed by atoms with Crippen molar-refractivity contribution in [1.82, 2.24) is 14.3 Å². The zero-order valence-electron chi connectivity index (χ0n) is 11.2. The van der Waals surface area contributed by atoms with Gasteiger partial charge in [-0.25, -0.2) is 18.1 Å². The number of hydrogen-bond donors (Lipinski definition) is 1. The van der Waals surface area contributed by atoms with Crippen LogP contribution in [-0.2, 0) is 29.4 Å². The smallest absolute Gasteiger partial charge is 0.259 e. The number of sulfonamides is 1. The van der Waals surface area contributed by atoms with Crippen LogP contribution in [0.3, 0.4) is 0 Å². The summed E-state index contributed by atoms with van der Waals surface area (Å²) in [5, 5.41) is 0.236. The molecule has 2 heterocycles. The van der Waals surface area contributed by atoms with Crippen molar-refractivity contribution in [2.24, 2.45) is 5.92 Å². The van der Waals surface area contributed by atoms with Gasteiger partial charge in [0.2, 0.25) is 0 Å². The first-order valence-corrected chi connectivity index (χ1v) is 7.99. The molecule has 0 bridgehead atoms. The highest BCUT2D eigenvalue weighted by Gasteiger charge is 2.29. The van der Waals surface area contributed by atoms with Crippen molar-refractivity contribution in [3.63, 3.8) is 0 Å². The van der Waals surface area contributed by atoms with E-state index in [1.54, 1.807) is 0 Å². The Morgan fingerprint density at radius 1 is 1.50 bits per heavy atom. The number of aromatic nitrogens is 2. The van der Waals surface area contributed by atoms with Crippen molar-refractivity contribution in [2.75, 3.05) is 7.05 Å². The molecule has 0 amide bonds. The van der Waals surface area contributed by atoms with E-state index in [0.717, 1.165) is 43.7 Å². The molecule has 0 radical (unpaired) electrons. The Kier molecular flexibility index (Phi) is 3.77. The summed E-state index contributed by atoms with van der Waals surface area (Å²) in [5.74, 6) is 1.43. The molecule has 0 aliphatic carbocycles. The predicted molar refractivity (Wildman–Crippen MR) is 70.0 cm³/mol. The largest absolute Gasteiger partial charge is 0.331 e. The summed E-state index contributed by atoms with van der Waals surface area (Å²) in [5.41, 5.74) is 0.881. The van der Waals surface area contributed by atoms with Gasteiger partial charge in [-0.2, -0.15) is 0 Å². The summed E-state index contributed by atoms with van der Waals surface area (Å²) in [6, 6.07) is 0. The van der Waals surface area contributed by atoms with Gasteiger partial charge in [-0.05, 0) is 32.2 Å². The summed E-state index contributed by atoms with van der Waals surface area (Å²) < 4.78 is 28.5. The molecule has 1 aromatic rings. The van der Waals surface area contributed by atoms with Crippen LogP contribution in [0.4, 0.5) is 0 Å². The molecule has 0 saturated heterocycles. The van der Waals surface area contributed by atoms with Crippen LogP contribution in [0.25, 0.3) is 0 Å². The molecule has 1 atom stereocenters. The van der Waals surface area contributed by atoms with E-state index in [0.29, 0.717) is 5.92 Å². The predicted octanol–water partition coefficient (Wildman–Crippen LogP) is 1.33. The van der Waals surface area contributed by atoms with Gasteiger partial charge in [0.25, 0.3) is 10.0 Å². The summed E-state index contributed by atoms with van der Waals surface area (Å²) >= 11 is 0. The van der Waals surface area contributed by atoms with Crippen molar-refractivity contribution < 1.29 is 8.42 Å². The van der Waals surface area contributed by atoms with Gasteiger partial charge >= 0.3 is 0 Å². The molecule has 6 heteroatoms. The second-order valence-electron chi connectivity index (χ2n) is 4.99. The van der Waals surface area contributed by atoms with Gasteiger partial charge in [-0.3, -0.25) is 0 Å². The normalized spacial score (nSPS) is 19.8. The van der Waals surface area contributed by atoms with Crippen LogP contribution in [0.15, 0.2) is 5.03 Å². The first kappa shape index (κ1) is 13.5. The zero-order chi connectivity index (χ0) is 13.3. The minimum Gasteiger partial charge on any atom is -0.331 e. The van der Waals surface area contributed by atoms with E-state index in [1.807, 2.05) is 0 Å². The molecular formula is C12H21N3O2S. The van der Waals surface area contributed by atoms with Crippen LogP contribution < -0.4 is 4.72 Å². The lowest BCUT2D eigenvalue weighted by Gasteiger charge is -2.22. The first-order valence-electron chi connectivity index (χ1n) is 6.51. The fraction of sp³-hybridized carbons (Fsp3) is 0.750. The molecule has 1 aliphatic heterocycles. The van der Waals surface area contributed by atoms with E-state index in [1.165, 1.54) is 7.05 Å². The zero-order valence-corrected chi connectivity index (χ0v) is 12.0. The van der Waals surface area contributed by atoms with Crippen LogP contribution in [0.5, 0.6) is 0 Å². The lowest BCUT2D eigenvalue weighted by atomic mass is 9.98. The molecule has 1 N–H and O–H groups in total. The topological polar surface area (TPSA) is 64.0 Å². The number of nitrogens with one attached hydrogen (secondary N) is 1. The molecule has 102 valence electrons. The highest BCUT2D eigenvalue weighted by Crippen LogP contribution is 2.27. The third-order valence-electron chi connectivity index (χ3n) is 3.50. The number of imidazole rings is 1. The SMILES string of the molecule is CCCc1nc(S(=O)(=O)NC)c2n1CCC(C)C2. The number of aryl methyl sites for hydroxylation is 1. The van der Waals surface area contributed by atoms with Crippen LogP contribution in [-0.4, -0.2) is 25.0 Å². The number of rotatable bonds is 4. The highest BCUT2D eigenvalue weighted by molar-refractivity contribution is 7.89. The fourth-order valence-corrected chi connectivity index (χ4v) is 3.41. The third-order valence-corrected chi connectivity index (χ3v) is 4.87. The average Bonchev–Trinajstić information content (AvgIpc) is 2.69. The van der Waals surface area contributed by atoms with E-state index in [4.69, 9.17) is 0 Å². The summed E-state index contributed by atoms with van der Waals surface area (Å²) in [6.07, 6.45) is 3.71. The standard InChI is InChI=1S/C12H21N3O2S/c1-4-5-11-14-12(18(16,17)13-3)10-8-9(2)6-7-15(10)11/h9,13H,4-8H2,1-3H3. The van der Waals surface area contributed by atoms with Crippen molar-refractivity contribution >= 4 is 10.0 Å². The monoisotopic (exact) mass is 271 g/mol. The second kappa shape index (κ2) is 5.01. The van der Waals surface area contributed by atoms with Gasteiger partial charge in [0.15, 0.2) is 5.03 Å². The van der Waals surface area contributed by atoms with Crippen LogP contribution in [0.2, 0.25) is 0 Å².